The molecule has 1 aliphatic rings. The number of hydrogen-bond donors (Lipinski definition) is 1. The Bertz CT molecular complexity index is 327. The largest absolute Gasteiger partial charge is 0.469 e. The minimum Gasteiger partial charge on any atom is -0.469 e. The highest BCUT2D eigenvalue weighted by molar-refractivity contribution is 5.82. The van der Waals surface area contributed by atoms with Crippen LogP contribution in [0.3, 0.4) is 0 Å². The van der Waals surface area contributed by atoms with Crippen LogP contribution in [0.1, 0.15) is 52.9 Å². The fraction of sp³-hybridized carbons (Fsp3) is 0.857. The summed E-state index contributed by atoms with van der Waals surface area (Å²) in [7, 11) is 1.36. The van der Waals surface area contributed by atoms with Crippen LogP contribution in [0.5, 0.6) is 0 Å². The van der Waals surface area contributed by atoms with E-state index >= 15 is 0 Å². The lowest BCUT2D eigenvalue weighted by Crippen LogP contribution is -2.56. The van der Waals surface area contributed by atoms with Crippen molar-refractivity contribution in [3.8, 4) is 0 Å². The summed E-state index contributed by atoms with van der Waals surface area (Å²) in [6, 6.07) is 0. The lowest BCUT2D eigenvalue weighted by molar-refractivity contribution is -0.165. The molecule has 0 amide bonds. The third-order valence-corrected chi connectivity index (χ3v) is 3.27. The Hall–Kier alpha value is -1.10. The van der Waals surface area contributed by atoms with Crippen LogP contribution in [0, 0.1) is 0 Å². The summed E-state index contributed by atoms with van der Waals surface area (Å²) >= 11 is 0. The molecule has 0 aromatic rings. The van der Waals surface area contributed by atoms with Gasteiger partial charge in [0.05, 0.1) is 7.11 Å². The van der Waals surface area contributed by atoms with Crippen molar-refractivity contribution >= 4 is 11.9 Å². The van der Waals surface area contributed by atoms with E-state index in [9.17, 15) is 9.59 Å². The molecule has 110 valence electrons. The number of nitrogens with one attached hydrogen (secondary N) is 1. The van der Waals surface area contributed by atoms with Gasteiger partial charge in [-0.1, -0.05) is 0 Å². The number of piperidine rings is 1. The molecule has 0 saturated carbocycles. The van der Waals surface area contributed by atoms with E-state index in [1.807, 2.05) is 20.8 Å². The van der Waals surface area contributed by atoms with Crippen LogP contribution in [0.4, 0.5) is 0 Å². The van der Waals surface area contributed by atoms with Crippen LogP contribution in [0.15, 0.2) is 0 Å². The van der Waals surface area contributed by atoms with Crippen molar-refractivity contribution < 1.29 is 19.1 Å². The Kier molecular flexibility index (Phi) is 5.35. The first kappa shape index (κ1) is 16.0. The van der Waals surface area contributed by atoms with Gasteiger partial charge in [0.2, 0.25) is 0 Å². The van der Waals surface area contributed by atoms with Gasteiger partial charge in [-0.25, -0.2) is 0 Å². The van der Waals surface area contributed by atoms with Crippen LogP contribution in [-0.2, 0) is 19.1 Å². The topological polar surface area (TPSA) is 64.6 Å². The second-order valence-corrected chi connectivity index (χ2v) is 6.04. The van der Waals surface area contributed by atoms with Crippen molar-refractivity contribution in [1.82, 2.24) is 5.32 Å². The van der Waals surface area contributed by atoms with E-state index in [4.69, 9.17) is 4.74 Å². The van der Waals surface area contributed by atoms with Gasteiger partial charge in [-0.15, -0.1) is 0 Å². The summed E-state index contributed by atoms with van der Waals surface area (Å²) in [5.41, 5.74) is -1.26. The molecule has 0 spiro atoms. The van der Waals surface area contributed by atoms with E-state index in [1.54, 1.807) is 0 Å². The quantitative estimate of drug-likeness (QED) is 0.790. The zero-order chi connectivity index (χ0) is 14.5. The molecule has 1 aliphatic heterocycles. The molecule has 1 atom stereocenters. The highest BCUT2D eigenvalue weighted by Gasteiger charge is 2.42. The molecule has 1 fully saturated rings. The second kappa shape index (κ2) is 6.37. The summed E-state index contributed by atoms with van der Waals surface area (Å²) in [6.45, 7) is 6.33. The third kappa shape index (κ3) is 4.82. The molecule has 0 radical (unpaired) electrons. The van der Waals surface area contributed by atoms with Crippen LogP contribution in [0.2, 0.25) is 0 Å². The molecule has 5 heteroatoms. The van der Waals surface area contributed by atoms with Crippen LogP contribution in [0.25, 0.3) is 0 Å². The Labute approximate surface area is 115 Å². The van der Waals surface area contributed by atoms with Gasteiger partial charge >= 0.3 is 11.9 Å². The van der Waals surface area contributed by atoms with Gasteiger partial charge in [0, 0.05) is 6.42 Å². The summed E-state index contributed by atoms with van der Waals surface area (Å²) in [5.74, 6) is -0.557. The number of carbonyl (C=O) groups excluding carboxylic acids is 2. The summed E-state index contributed by atoms with van der Waals surface area (Å²) in [6.07, 6.45) is 3.37. The smallest absolute Gasteiger partial charge is 0.326 e. The Morgan fingerprint density at radius 1 is 1.26 bits per heavy atom. The van der Waals surface area contributed by atoms with Gasteiger partial charge in [0.25, 0.3) is 0 Å². The van der Waals surface area contributed by atoms with E-state index in [-0.39, 0.29) is 18.4 Å². The van der Waals surface area contributed by atoms with Crippen LogP contribution >= 0.6 is 0 Å². The van der Waals surface area contributed by atoms with E-state index in [0.717, 1.165) is 19.4 Å². The summed E-state index contributed by atoms with van der Waals surface area (Å²) in [4.78, 5) is 23.7. The molecule has 0 aromatic carbocycles. The van der Waals surface area contributed by atoms with Gasteiger partial charge in [-0.05, 0) is 53.0 Å². The van der Waals surface area contributed by atoms with Crippen molar-refractivity contribution in [2.75, 3.05) is 13.7 Å². The maximum absolute atomic E-state index is 12.4. The monoisotopic (exact) mass is 271 g/mol. The molecule has 1 unspecified atom stereocenters. The summed E-state index contributed by atoms with van der Waals surface area (Å²) in [5, 5.41) is 3.25. The van der Waals surface area contributed by atoms with E-state index in [2.05, 4.69) is 10.1 Å². The number of esters is 2. The Morgan fingerprint density at radius 3 is 2.42 bits per heavy atom. The maximum atomic E-state index is 12.4. The van der Waals surface area contributed by atoms with Gasteiger partial charge in [-0.3, -0.25) is 9.59 Å². The molecular formula is C14H25NO4. The molecular weight excluding hydrogens is 246 g/mol. The second-order valence-electron chi connectivity index (χ2n) is 6.04. The first-order chi connectivity index (χ1) is 8.79. The SMILES string of the molecule is COC(=O)CCC1(C(=O)OC(C)(C)C)CCCCN1. The van der Waals surface area contributed by atoms with Crippen molar-refractivity contribution in [3.05, 3.63) is 0 Å². The number of carbonyl (C=O) groups is 2. The van der Waals surface area contributed by atoms with E-state index in [0.29, 0.717) is 12.8 Å². The molecule has 0 bridgehead atoms. The first-order valence-electron chi connectivity index (χ1n) is 6.84. The lowest BCUT2D eigenvalue weighted by Gasteiger charge is -2.38. The van der Waals surface area contributed by atoms with Crippen LogP contribution in [-0.4, -0.2) is 36.7 Å². The molecule has 0 aliphatic carbocycles. The molecule has 1 saturated heterocycles. The maximum Gasteiger partial charge on any atom is 0.326 e. The predicted molar refractivity (Wildman–Crippen MR) is 71.7 cm³/mol. The fourth-order valence-corrected chi connectivity index (χ4v) is 2.25. The highest BCUT2D eigenvalue weighted by atomic mass is 16.6. The van der Waals surface area contributed by atoms with Crippen LogP contribution < -0.4 is 5.32 Å². The van der Waals surface area contributed by atoms with Gasteiger partial charge in [-0.2, -0.15) is 0 Å². The molecule has 1 N–H and O–H groups in total. The van der Waals surface area contributed by atoms with Crippen molar-refractivity contribution in [3.63, 3.8) is 0 Å². The molecule has 19 heavy (non-hydrogen) atoms. The van der Waals surface area contributed by atoms with Crippen molar-refractivity contribution in [2.45, 2.75) is 64.0 Å². The summed E-state index contributed by atoms with van der Waals surface area (Å²) < 4.78 is 10.1. The van der Waals surface area contributed by atoms with E-state index < -0.39 is 11.1 Å². The normalized spacial score (nSPS) is 23.8. The molecule has 0 aromatic heterocycles. The Balaban J connectivity index is 2.74. The average Bonchev–Trinajstić information content (AvgIpc) is 2.35. The van der Waals surface area contributed by atoms with Gasteiger partial charge in [0.15, 0.2) is 0 Å². The molecule has 1 heterocycles. The first-order valence-corrected chi connectivity index (χ1v) is 6.84. The fourth-order valence-electron chi connectivity index (χ4n) is 2.25. The zero-order valence-electron chi connectivity index (χ0n) is 12.4. The minimum atomic E-state index is -0.736. The number of methoxy groups -OCH3 is 1. The highest BCUT2D eigenvalue weighted by Crippen LogP contribution is 2.28. The zero-order valence-corrected chi connectivity index (χ0v) is 12.4. The number of ether oxygens (including phenoxy) is 2. The van der Waals surface area contributed by atoms with Crippen molar-refractivity contribution in [2.24, 2.45) is 0 Å². The predicted octanol–water partition coefficient (Wildman–Crippen LogP) is 1.79. The van der Waals surface area contributed by atoms with Gasteiger partial charge < -0.3 is 14.8 Å². The average molecular weight is 271 g/mol. The minimum absolute atomic E-state index is 0.225. The third-order valence-electron chi connectivity index (χ3n) is 3.27. The van der Waals surface area contributed by atoms with E-state index in [1.165, 1.54) is 7.11 Å². The van der Waals surface area contributed by atoms with Gasteiger partial charge in [0.1, 0.15) is 11.1 Å². The Morgan fingerprint density at radius 2 is 1.95 bits per heavy atom. The van der Waals surface area contributed by atoms with Crippen molar-refractivity contribution in [1.29, 1.82) is 0 Å². The molecule has 1 rings (SSSR count). The lowest BCUT2D eigenvalue weighted by atomic mass is 9.84. The standard InChI is InChI=1S/C14H25NO4/c1-13(2,3)19-12(17)14(8-5-6-10-15-14)9-7-11(16)18-4/h15H,5-10H2,1-4H3. The molecule has 5 nitrogen and oxygen atoms in total. The number of hydrogen-bond acceptors (Lipinski definition) is 5. The number of rotatable bonds is 4.